The number of ether oxygens (including phenoxy) is 1. The van der Waals surface area contributed by atoms with Crippen molar-refractivity contribution in [3.05, 3.63) is 87.5 Å². The van der Waals surface area contributed by atoms with Crippen LogP contribution in [0.15, 0.2) is 53.3 Å². The minimum Gasteiger partial charge on any atom is -0.488 e. The van der Waals surface area contributed by atoms with E-state index in [2.05, 4.69) is 20.6 Å². The van der Waals surface area contributed by atoms with Crippen LogP contribution in [-0.2, 0) is 13.2 Å². The summed E-state index contributed by atoms with van der Waals surface area (Å²) in [6.07, 6.45) is 1.54. The van der Waals surface area contributed by atoms with Crippen LogP contribution in [0.1, 0.15) is 38.5 Å². The van der Waals surface area contributed by atoms with Gasteiger partial charge in [-0.1, -0.05) is 41.0 Å². The number of nitrogens with zero attached hydrogens (tertiary/aromatic N) is 4. The second kappa shape index (κ2) is 9.23. The van der Waals surface area contributed by atoms with E-state index in [0.717, 1.165) is 22.4 Å². The summed E-state index contributed by atoms with van der Waals surface area (Å²) >= 11 is 5.92. The first-order valence-corrected chi connectivity index (χ1v) is 10.4. The van der Waals surface area contributed by atoms with E-state index in [-0.39, 0.29) is 18.2 Å². The lowest BCUT2D eigenvalue weighted by atomic mass is 10.1. The highest BCUT2D eigenvalue weighted by atomic mass is 35.5. The van der Waals surface area contributed by atoms with Gasteiger partial charge >= 0.3 is 0 Å². The van der Waals surface area contributed by atoms with E-state index < -0.39 is 5.91 Å². The molecular weight excluding hydrogens is 430 g/mol. The number of carbonyl (C=O) groups excluding carboxylic acids is 1. The lowest BCUT2D eigenvalue weighted by Gasteiger charge is -2.10. The SMILES string of the molecule is Cc1cccc(OCc2c(C(=O)Nc3ncn(Cc4ccc(Cl)cc4)n3)noc2C)c1C. The molecule has 0 atom stereocenters. The van der Waals surface area contributed by atoms with Crippen LogP contribution in [-0.4, -0.2) is 25.8 Å². The number of amides is 1. The monoisotopic (exact) mass is 451 g/mol. The van der Waals surface area contributed by atoms with Gasteiger partial charge in [-0.3, -0.25) is 10.1 Å². The molecule has 0 aliphatic rings. The second-order valence-electron chi connectivity index (χ2n) is 7.40. The molecule has 2 heterocycles. The molecule has 4 aromatic rings. The van der Waals surface area contributed by atoms with Crippen LogP contribution in [0.4, 0.5) is 5.95 Å². The number of rotatable bonds is 7. The van der Waals surface area contributed by atoms with Crippen LogP contribution < -0.4 is 10.1 Å². The number of halogens is 1. The van der Waals surface area contributed by atoms with Gasteiger partial charge in [-0.15, -0.1) is 5.10 Å². The van der Waals surface area contributed by atoms with Crippen molar-refractivity contribution in [2.24, 2.45) is 0 Å². The molecule has 164 valence electrons. The number of carbonyl (C=O) groups is 1. The van der Waals surface area contributed by atoms with E-state index in [9.17, 15) is 4.79 Å². The first-order chi connectivity index (χ1) is 15.4. The Morgan fingerprint density at radius 2 is 1.94 bits per heavy atom. The number of aryl methyl sites for hydroxylation is 2. The second-order valence-corrected chi connectivity index (χ2v) is 7.84. The Morgan fingerprint density at radius 1 is 1.16 bits per heavy atom. The van der Waals surface area contributed by atoms with Crippen molar-refractivity contribution in [2.75, 3.05) is 5.32 Å². The molecule has 0 saturated heterocycles. The zero-order chi connectivity index (χ0) is 22.7. The van der Waals surface area contributed by atoms with Crippen molar-refractivity contribution in [1.82, 2.24) is 19.9 Å². The normalized spacial score (nSPS) is 10.9. The Balaban J connectivity index is 1.43. The molecule has 0 saturated carbocycles. The van der Waals surface area contributed by atoms with E-state index in [4.69, 9.17) is 20.9 Å². The molecule has 0 aliphatic carbocycles. The molecule has 0 radical (unpaired) electrons. The fourth-order valence-corrected chi connectivity index (χ4v) is 3.26. The summed E-state index contributed by atoms with van der Waals surface area (Å²) in [7, 11) is 0. The minimum atomic E-state index is -0.467. The van der Waals surface area contributed by atoms with Crippen molar-refractivity contribution >= 4 is 23.5 Å². The molecule has 1 amide bonds. The largest absolute Gasteiger partial charge is 0.488 e. The van der Waals surface area contributed by atoms with Gasteiger partial charge in [0.05, 0.1) is 12.1 Å². The fourth-order valence-electron chi connectivity index (χ4n) is 3.14. The molecule has 1 N–H and O–H groups in total. The predicted molar refractivity (Wildman–Crippen MR) is 120 cm³/mol. The number of nitrogens with one attached hydrogen (secondary N) is 1. The zero-order valence-corrected chi connectivity index (χ0v) is 18.7. The number of hydrogen-bond acceptors (Lipinski definition) is 6. The summed E-state index contributed by atoms with van der Waals surface area (Å²) in [4.78, 5) is 16.9. The first kappa shape index (κ1) is 21.6. The van der Waals surface area contributed by atoms with E-state index in [1.807, 2.05) is 56.3 Å². The third kappa shape index (κ3) is 4.81. The van der Waals surface area contributed by atoms with Crippen molar-refractivity contribution in [3.8, 4) is 5.75 Å². The van der Waals surface area contributed by atoms with Crippen molar-refractivity contribution in [3.63, 3.8) is 0 Å². The standard InChI is InChI=1S/C23H22ClN5O3/c1-14-5-4-6-20(15(14)2)31-12-19-16(3)32-28-21(19)22(30)26-23-25-13-29(27-23)11-17-7-9-18(24)10-8-17/h4-10,13H,11-12H2,1-3H3,(H,26,27,30). The number of benzene rings is 2. The summed E-state index contributed by atoms with van der Waals surface area (Å²) in [5.41, 5.74) is 3.90. The highest BCUT2D eigenvalue weighted by Crippen LogP contribution is 2.23. The zero-order valence-electron chi connectivity index (χ0n) is 17.9. The minimum absolute atomic E-state index is 0.141. The van der Waals surface area contributed by atoms with Gasteiger partial charge in [0.2, 0.25) is 5.95 Å². The Bertz CT molecular complexity index is 1250. The van der Waals surface area contributed by atoms with Crippen molar-refractivity contribution in [2.45, 2.75) is 33.9 Å². The molecule has 0 unspecified atom stereocenters. The van der Waals surface area contributed by atoms with E-state index in [1.54, 1.807) is 17.9 Å². The van der Waals surface area contributed by atoms with Crippen LogP contribution in [0.5, 0.6) is 5.75 Å². The Morgan fingerprint density at radius 3 is 2.72 bits per heavy atom. The van der Waals surface area contributed by atoms with Crippen LogP contribution >= 0.6 is 11.6 Å². The predicted octanol–water partition coefficient (Wildman–Crippen LogP) is 4.72. The van der Waals surface area contributed by atoms with Gasteiger partial charge in [0.25, 0.3) is 5.91 Å². The summed E-state index contributed by atoms with van der Waals surface area (Å²) in [6, 6.07) is 13.3. The van der Waals surface area contributed by atoms with Crippen LogP contribution in [0.3, 0.4) is 0 Å². The number of anilines is 1. The summed E-state index contributed by atoms with van der Waals surface area (Å²) in [5, 5.41) is 11.5. The molecule has 9 heteroatoms. The molecule has 0 fully saturated rings. The van der Waals surface area contributed by atoms with E-state index >= 15 is 0 Å². The molecule has 0 spiro atoms. The fraction of sp³-hybridized carbons (Fsp3) is 0.217. The average Bonchev–Trinajstić information content (AvgIpc) is 3.37. The van der Waals surface area contributed by atoms with Crippen LogP contribution in [0.25, 0.3) is 0 Å². The van der Waals surface area contributed by atoms with Gasteiger partial charge < -0.3 is 9.26 Å². The summed E-state index contributed by atoms with van der Waals surface area (Å²) in [6.45, 7) is 6.40. The van der Waals surface area contributed by atoms with Gasteiger partial charge in [0, 0.05) is 5.02 Å². The smallest absolute Gasteiger partial charge is 0.280 e. The van der Waals surface area contributed by atoms with Crippen LogP contribution in [0.2, 0.25) is 5.02 Å². The summed E-state index contributed by atoms with van der Waals surface area (Å²) in [5.74, 6) is 0.970. The maximum absolute atomic E-state index is 12.8. The van der Waals surface area contributed by atoms with Gasteiger partial charge in [0.1, 0.15) is 24.4 Å². The molecule has 0 aliphatic heterocycles. The molecule has 32 heavy (non-hydrogen) atoms. The van der Waals surface area contributed by atoms with Crippen molar-refractivity contribution in [1.29, 1.82) is 0 Å². The molecular formula is C23H22ClN5O3. The maximum Gasteiger partial charge on any atom is 0.280 e. The molecule has 0 bridgehead atoms. The Hall–Kier alpha value is -3.65. The highest BCUT2D eigenvalue weighted by Gasteiger charge is 2.22. The van der Waals surface area contributed by atoms with Gasteiger partial charge in [-0.2, -0.15) is 0 Å². The quantitative estimate of drug-likeness (QED) is 0.436. The van der Waals surface area contributed by atoms with E-state index in [1.165, 1.54) is 0 Å². The third-order valence-electron chi connectivity index (χ3n) is 5.15. The lowest BCUT2D eigenvalue weighted by Crippen LogP contribution is -2.16. The maximum atomic E-state index is 12.8. The first-order valence-electron chi connectivity index (χ1n) is 10.00. The van der Waals surface area contributed by atoms with Crippen molar-refractivity contribution < 1.29 is 14.1 Å². The molecule has 4 rings (SSSR count). The van der Waals surface area contributed by atoms with Gasteiger partial charge in [0.15, 0.2) is 5.69 Å². The Kier molecular flexibility index (Phi) is 6.23. The topological polar surface area (TPSA) is 95.1 Å². The van der Waals surface area contributed by atoms with Crippen LogP contribution in [0, 0.1) is 20.8 Å². The van der Waals surface area contributed by atoms with E-state index in [0.29, 0.717) is 22.9 Å². The highest BCUT2D eigenvalue weighted by molar-refractivity contribution is 6.30. The van der Waals surface area contributed by atoms with Gasteiger partial charge in [-0.05, 0) is 55.7 Å². The molecule has 2 aromatic heterocycles. The average molecular weight is 452 g/mol. The molecule has 2 aromatic carbocycles. The van der Waals surface area contributed by atoms with Gasteiger partial charge in [-0.25, -0.2) is 9.67 Å². The summed E-state index contributed by atoms with van der Waals surface area (Å²) < 4.78 is 12.8. The number of hydrogen-bond donors (Lipinski definition) is 1. The number of aromatic nitrogens is 4. The molecule has 8 nitrogen and oxygen atoms in total. The lowest BCUT2D eigenvalue weighted by molar-refractivity contribution is 0.101. The third-order valence-corrected chi connectivity index (χ3v) is 5.40. The Labute approximate surface area is 190 Å².